The maximum atomic E-state index is 10.6. The van der Waals surface area contributed by atoms with Crippen LogP contribution < -0.4 is 5.73 Å². The molecule has 7 nitrogen and oxygen atoms in total. The van der Waals surface area contributed by atoms with Gasteiger partial charge in [0, 0.05) is 18.2 Å². The summed E-state index contributed by atoms with van der Waals surface area (Å²) in [5.41, 5.74) is 6.97. The van der Waals surface area contributed by atoms with Gasteiger partial charge in [-0.05, 0) is 34.9 Å². The topological polar surface area (TPSA) is 127 Å². The SMILES string of the molecule is C[C@H](N)c1ccc([N+](=O)[O-])cc1.O=C(O)[C@@H](O)c1ccc2ccccc2c1. The molecule has 0 radical (unpaired) electrons. The minimum absolute atomic E-state index is 0.0780. The summed E-state index contributed by atoms with van der Waals surface area (Å²) in [5.74, 6) is -1.23. The number of benzene rings is 3. The van der Waals surface area contributed by atoms with Crippen molar-refractivity contribution in [1.82, 2.24) is 0 Å². The Morgan fingerprint density at radius 1 is 1.00 bits per heavy atom. The van der Waals surface area contributed by atoms with Crippen molar-refractivity contribution in [3.63, 3.8) is 0 Å². The summed E-state index contributed by atoms with van der Waals surface area (Å²) in [7, 11) is 0. The van der Waals surface area contributed by atoms with Gasteiger partial charge in [0.25, 0.3) is 5.69 Å². The van der Waals surface area contributed by atoms with Crippen molar-refractivity contribution in [3.05, 3.63) is 88.0 Å². The molecule has 0 aliphatic rings. The minimum Gasteiger partial charge on any atom is -0.479 e. The predicted octanol–water partition coefficient (Wildman–Crippen LogP) is 3.57. The van der Waals surface area contributed by atoms with Crippen LogP contribution in [-0.4, -0.2) is 21.1 Å². The summed E-state index contributed by atoms with van der Waals surface area (Å²) >= 11 is 0. The van der Waals surface area contributed by atoms with Gasteiger partial charge in [-0.25, -0.2) is 4.79 Å². The molecule has 4 N–H and O–H groups in total. The maximum Gasteiger partial charge on any atom is 0.337 e. The van der Waals surface area contributed by atoms with Crippen molar-refractivity contribution in [2.75, 3.05) is 0 Å². The Morgan fingerprint density at radius 3 is 2.07 bits per heavy atom. The zero-order valence-electron chi connectivity index (χ0n) is 14.6. The molecule has 0 amide bonds. The third kappa shape index (κ3) is 5.34. The van der Waals surface area contributed by atoms with E-state index in [1.54, 1.807) is 30.3 Å². The van der Waals surface area contributed by atoms with Gasteiger partial charge in [-0.2, -0.15) is 0 Å². The highest BCUT2D eigenvalue weighted by Crippen LogP contribution is 2.20. The first-order valence-electron chi connectivity index (χ1n) is 8.19. The quantitative estimate of drug-likeness (QED) is 0.477. The first-order valence-corrected chi connectivity index (χ1v) is 8.19. The van der Waals surface area contributed by atoms with E-state index in [4.69, 9.17) is 10.8 Å². The van der Waals surface area contributed by atoms with Crippen molar-refractivity contribution in [2.45, 2.75) is 19.1 Å². The smallest absolute Gasteiger partial charge is 0.337 e. The van der Waals surface area contributed by atoms with Crippen LogP contribution in [0, 0.1) is 10.1 Å². The normalized spacial score (nSPS) is 12.6. The molecule has 2 atom stereocenters. The average molecular weight is 368 g/mol. The molecule has 0 saturated carbocycles. The van der Waals surface area contributed by atoms with Gasteiger partial charge in [0.05, 0.1) is 4.92 Å². The summed E-state index contributed by atoms with van der Waals surface area (Å²) in [4.78, 5) is 20.4. The van der Waals surface area contributed by atoms with Crippen LogP contribution in [0.25, 0.3) is 10.8 Å². The summed E-state index contributed by atoms with van der Waals surface area (Å²) < 4.78 is 0. The molecule has 140 valence electrons. The fraction of sp³-hybridized carbons (Fsp3) is 0.150. The van der Waals surface area contributed by atoms with Crippen LogP contribution in [-0.2, 0) is 4.79 Å². The second-order valence-corrected chi connectivity index (χ2v) is 5.98. The molecule has 0 aromatic heterocycles. The number of hydrogen-bond acceptors (Lipinski definition) is 5. The third-order valence-electron chi connectivity index (χ3n) is 3.95. The van der Waals surface area contributed by atoms with Crippen molar-refractivity contribution < 1.29 is 19.9 Å². The minimum atomic E-state index is -1.45. The molecule has 0 heterocycles. The highest BCUT2D eigenvalue weighted by atomic mass is 16.6. The summed E-state index contributed by atoms with van der Waals surface area (Å²) in [6, 6.07) is 18.9. The predicted molar refractivity (Wildman–Crippen MR) is 102 cm³/mol. The van der Waals surface area contributed by atoms with Crippen molar-refractivity contribution in [3.8, 4) is 0 Å². The van der Waals surface area contributed by atoms with Crippen molar-refractivity contribution >= 4 is 22.4 Å². The summed E-state index contributed by atoms with van der Waals surface area (Å²) in [5, 5.41) is 30.2. The number of aliphatic carboxylic acids is 1. The molecule has 0 bridgehead atoms. The molecule has 0 unspecified atom stereocenters. The number of carbonyl (C=O) groups is 1. The number of nitrogens with two attached hydrogens (primary N) is 1. The molecule has 0 aliphatic heterocycles. The average Bonchev–Trinajstić information content (AvgIpc) is 2.67. The molecule has 0 fully saturated rings. The number of carboxylic acids is 1. The van der Waals surface area contributed by atoms with Crippen molar-refractivity contribution in [1.29, 1.82) is 0 Å². The van der Waals surface area contributed by atoms with E-state index in [0.717, 1.165) is 16.3 Å². The number of carboxylic acid groups (broad SMARTS) is 1. The number of aliphatic hydroxyl groups is 1. The summed E-state index contributed by atoms with van der Waals surface area (Å²) in [6.07, 6.45) is -1.45. The second kappa shape index (κ2) is 8.88. The molecule has 7 heteroatoms. The Hall–Kier alpha value is -3.29. The number of nitro groups is 1. The standard InChI is InChI=1S/C12H10O3.C8H10N2O2/c13-11(12(14)15)10-6-5-8-3-1-2-4-9(8)7-10;1-6(9)7-2-4-8(5-3-7)10(11)12/h1-7,11,13H,(H,14,15);2-6H,9H2,1H3/t11-;6-/m00/s1. The lowest BCUT2D eigenvalue weighted by molar-refractivity contribution is -0.384. The fourth-order valence-electron chi connectivity index (χ4n) is 2.42. The lowest BCUT2D eigenvalue weighted by Crippen LogP contribution is -2.10. The lowest BCUT2D eigenvalue weighted by atomic mass is 10.0. The molecule has 3 rings (SSSR count). The van der Waals surface area contributed by atoms with Gasteiger partial charge >= 0.3 is 5.97 Å². The number of non-ortho nitro benzene ring substituents is 1. The molecule has 27 heavy (non-hydrogen) atoms. The van der Waals surface area contributed by atoms with Crippen molar-refractivity contribution in [2.24, 2.45) is 5.73 Å². The van der Waals surface area contributed by atoms with E-state index in [0.29, 0.717) is 5.56 Å². The van der Waals surface area contributed by atoms with Crippen LogP contribution in [0.15, 0.2) is 66.7 Å². The first-order chi connectivity index (χ1) is 12.8. The molecular weight excluding hydrogens is 348 g/mol. The number of aliphatic hydroxyl groups excluding tert-OH is 1. The molecule has 3 aromatic carbocycles. The Labute approximate surface area is 155 Å². The summed E-state index contributed by atoms with van der Waals surface area (Å²) in [6.45, 7) is 1.83. The van der Waals surface area contributed by atoms with Gasteiger partial charge in [0.1, 0.15) is 0 Å². The van der Waals surface area contributed by atoms with E-state index in [2.05, 4.69) is 0 Å². The van der Waals surface area contributed by atoms with E-state index in [9.17, 15) is 20.0 Å². The van der Waals surface area contributed by atoms with Gasteiger partial charge in [0.15, 0.2) is 6.10 Å². The van der Waals surface area contributed by atoms with Gasteiger partial charge in [-0.1, -0.05) is 48.5 Å². The van der Waals surface area contributed by atoms with E-state index in [1.807, 2.05) is 31.2 Å². The van der Waals surface area contributed by atoms with Gasteiger partial charge in [-0.15, -0.1) is 0 Å². The Bertz CT molecular complexity index is 939. The fourth-order valence-corrected chi connectivity index (χ4v) is 2.42. The third-order valence-corrected chi connectivity index (χ3v) is 3.95. The van der Waals surface area contributed by atoms with Crippen LogP contribution in [0.5, 0.6) is 0 Å². The molecule has 0 aliphatic carbocycles. The monoisotopic (exact) mass is 368 g/mol. The maximum absolute atomic E-state index is 10.6. The highest BCUT2D eigenvalue weighted by Gasteiger charge is 2.15. The van der Waals surface area contributed by atoms with Crippen LogP contribution in [0.4, 0.5) is 5.69 Å². The number of nitrogens with zero attached hydrogens (tertiary/aromatic N) is 1. The number of fused-ring (bicyclic) bond motifs is 1. The van der Waals surface area contributed by atoms with E-state index in [-0.39, 0.29) is 11.7 Å². The van der Waals surface area contributed by atoms with Crippen LogP contribution in [0.2, 0.25) is 0 Å². The number of rotatable bonds is 4. The zero-order chi connectivity index (χ0) is 20.0. The van der Waals surface area contributed by atoms with E-state index < -0.39 is 17.0 Å². The molecule has 0 saturated heterocycles. The van der Waals surface area contributed by atoms with Gasteiger partial charge in [0.2, 0.25) is 0 Å². The Kier molecular flexibility index (Phi) is 6.59. The van der Waals surface area contributed by atoms with Crippen LogP contribution in [0.1, 0.15) is 30.2 Å². The highest BCUT2D eigenvalue weighted by molar-refractivity contribution is 5.84. The Balaban J connectivity index is 0.000000199. The molecular formula is C20H20N2O5. The van der Waals surface area contributed by atoms with Crippen LogP contribution >= 0.6 is 0 Å². The zero-order valence-corrected chi connectivity index (χ0v) is 14.6. The van der Waals surface area contributed by atoms with E-state index in [1.165, 1.54) is 12.1 Å². The van der Waals surface area contributed by atoms with Gasteiger partial charge in [-0.3, -0.25) is 10.1 Å². The Morgan fingerprint density at radius 2 is 1.56 bits per heavy atom. The number of nitro benzene ring substituents is 1. The molecule has 3 aromatic rings. The van der Waals surface area contributed by atoms with Crippen LogP contribution in [0.3, 0.4) is 0 Å². The first kappa shape index (κ1) is 20.0. The second-order valence-electron chi connectivity index (χ2n) is 5.98. The largest absolute Gasteiger partial charge is 0.479 e. The molecule has 0 spiro atoms. The number of hydrogen-bond donors (Lipinski definition) is 3. The lowest BCUT2D eigenvalue weighted by Gasteiger charge is -2.06. The van der Waals surface area contributed by atoms with E-state index >= 15 is 0 Å². The van der Waals surface area contributed by atoms with Gasteiger partial charge < -0.3 is 15.9 Å².